The maximum atomic E-state index is 11.5. The predicted octanol–water partition coefficient (Wildman–Crippen LogP) is 2.80. The summed E-state index contributed by atoms with van der Waals surface area (Å²) in [7, 11) is -0.847. The fourth-order valence-electron chi connectivity index (χ4n) is 1.96. The Kier molecular flexibility index (Phi) is 8.45. The van der Waals surface area contributed by atoms with Gasteiger partial charge in [0.15, 0.2) is 0 Å². The molecule has 0 saturated carbocycles. The van der Waals surface area contributed by atoms with Crippen molar-refractivity contribution in [1.29, 1.82) is 0 Å². The SMILES string of the molecule is CSC(CC[C@@H](OCc1ccccc1)[C@H](C)O)S(C)=O. The van der Waals surface area contributed by atoms with Crippen LogP contribution in [-0.2, 0) is 22.1 Å². The van der Waals surface area contributed by atoms with Crippen molar-refractivity contribution in [3.8, 4) is 0 Å². The highest BCUT2D eigenvalue weighted by molar-refractivity contribution is 8.10. The zero-order chi connectivity index (χ0) is 15.0. The molecule has 0 spiro atoms. The summed E-state index contributed by atoms with van der Waals surface area (Å²) in [6.07, 6.45) is 4.46. The van der Waals surface area contributed by atoms with Crippen molar-refractivity contribution >= 4 is 22.6 Å². The lowest BCUT2D eigenvalue weighted by molar-refractivity contribution is -0.0424. The second-order valence-corrected chi connectivity index (χ2v) is 7.72. The van der Waals surface area contributed by atoms with E-state index < -0.39 is 16.9 Å². The Morgan fingerprint density at radius 3 is 2.45 bits per heavy atom. The quantitative estimate of drug-likeness (QED) is 0.761. The van der Waals surface area contributed by atoms with Gasteiger partial charge in [-0.3, -0.25) is 4.21 Å². The number of benzene rings is 1. The maximum absolute atomic E-state index is 11.5. The lowest BCUT2D eigenvalue weighted by Crippen LogP contribution is -2.27. The van der Waals surface area contributed by atoms with E-state index in [1.165, 1.54) is 0 Å². The molecule has 4 atom stereocenters. The molecule has 0 bridgehead atoms. The smallest absolute Gasteiger partial charge is 0.0836 e. The molecule has 0 aliphatic heterocycles. The largest absolute Gasteiger partial charge is 0.391 e. The number of hydrogen-bond donors (Lipinski definition) is 1. The molecule has 1 aromatic carbocycles. The summed E-state index contributed by atoms with van der Waals surface area (Å²) < 4.78 is 17.4. The summed E-state index contributed by atoms with van der Waals surface area (Å²) >= 11 is 1.61. The van der Waals surface area contributed by atoms with Crippen molar-refractivity contribution in [1.82, 2.24) is 0 Å². The van der Waals surface area contributed by atoms with Crippen LogP contribution >= 0.6 is 11.8 Å². The molecule has 0 saturated heterocycles. The van der Waals surface area contributed by atoms with Gasteiger partial charge in [-0.15, -0.1) is 11.8 Å². The van der Waals surface area contributed by atoms with Crippen molar-refractivity contribution < 1.29 is 14.1 Å². The molecule has 0 amide bonds. The Hall–Kier alpha value is -0.360. The first-order chi connectivity index (χ1) is 9.54. The Morgan fingerprint density at radius 1 is 1.30 bits per heavy atom. The zero-order valence-electron chi connectivity index (χ0n) is 12.3. The van der Waals surface area contributed by atoms with E-state index in [2.05, 4.69) is 0 Å². The predicted molar refractivity (Wildman–Crippen MR) is 87.3 cm³/mol. The number of ether oxygens (including phenoxy) is 1. The minimum atomic E-state index is -0.847. The summed E-state index contributed by atoms with van der Waals surface area (Å²) in [5.74, 6) is 0. The molecule has 0 radical (unpaired) electrons. The molecule has 0 aliphatic carbocycles. The van der Waals surface area contributed by atoms with E-state index in [4.69, 9.17) is 4.74 Å². The Bertz CT molecular complexity index is 395. The van der Waals surface area contributed by atoms with Crippen molar-refractivity contribution in [3.63, 3.8) is 0 Å². The monoisotopic (exact) mass is 316 g/mol. The van der Waals surface area contributed by atoms with Crippen LogP contribution in [0.25, 0.3) is 0 Å². The summed E-state index contributed by atoms with van der Waals surface area (Å²) in [5.41, 5.74) is 1.10. The van der Waals surface area contributed by atoms with Crippen molar-refractivity contribution in [2.24, 2.45) is 0 Å². The Balaban J connectivity index is 2.46. The fraction of sp³-hybridized carbons (Fsp3) is 0.600. The Morgan fingerprint density at radius 2 is 1.95 bits per heavy atom. The van der Waals surface area contributed by atoms with Gasteiger partial charge in [-0.05, 0) is 31.6 Å². The molecule has 1 aromatic rings. The molecule has 0 heterocycles. The highest BCUT2D eigenvalue weighted by Gasteiger charge is 2.19. The van der Waals surface area contributed by atoms with Crippen LogP contribution in [0.15, 0.2) is 30.3 Å². The van der Waals surface area contributed by atoms with Crippen LogP contribution in [0.1, 0.15) is 25.3 Å². The van der Waals surface area contributed by atoms with Gasteiger partial charge in [-0.2, -0.15) is 0 Å². The molecule has 20 heavy (non-hydrogen) atoms. The summed E-state index contributed by atoms with van der Waals surface area (Å²) in [4.78, 5) is 0. The van der Waals surface area contributed by atoms with E-state index in [0.29, 0.717) is 6.61 Å². The lowest BCUT2D eigenvalue weighted by Gasteiger charge is -2.22. The van der Waals surface area contributed by atoms with Crippen LogP contribution in [0.2, 0.25) is 0 Å². The van der Waals surface area contributed by atoms with Crippen molar-refractivity contribution in [2.45, 2.75) is 43.2 Å². The van der Waals surface area contributed by atoms with E-state index in [0.717, 1.165) is 18.4 Å². The topological polar surface area (TPSA) is 46.5 Å². The van der Waals surface area contributed by atoms with Crippen molar-refractivity contribution in [3.05, 3.63) is 35.9 Å². The van der Waals surface area contributed by atoms with Gasteiger partial charge in [0.1, 0.15) is 0 Å². The van der Waals surface area contributed by atoms with Gasteiger partial charge in [0.05, 0.1) is 23.4 Å². The zero-order valence-corrected chi connectivity index (χ0v) is 14.0. The standard InChI is InChI=1S/C15H24O3S2/c1-12(16)14(9-10-15(19-2)20(3)17)18-11-13-7-5-4-6-8-13/h4-8,12,14-16H,9-11H2,1-3H3/t12-,14+,15?,20?/m0/s1. The number of hydrogen-bond acceptors (Lipinski definition) is 4. The molecule has 0 aromatic heterocycles. The van der Waals surface area contributed by atoms with Crippen LogP contribution in [0, 0.1) is 0 Å². The van der Waals surface area contributed by atoms with E-state index in [9.17, 15) is 9.32 Å². The minimum Gasteiger partial charge on any atom is -0.391 e. The molecule has 114 valence electrons. The van der Waals surface area contributed by atoms with E-state index in [1.807, 2.05) is 36.6 Å². The van der Waals surface area contributed by atoms with Gasteiger partial charge in [-0.1, -0.05) is 30.3 Å². The van der Waals surface area contributed by atoms with E-state index in [1.54, 1.807) is 24.9 Å². The van der Waals surface area contributed by atoms with Crippen LogP contribution in [0.4, 0.5) is 0 Å². The molecular formula is C15H24O3S2. The molecule has 0 aliphatic rings. The van der Waals surface area contributed by atoms with Gasteiger partial charge in [0, 0.05) is 17.1 Å². The van der Waals surface area contributed by atoms with Gasteiger partial charge in [-0.25, -0.2) is 0 Å². The average Bonchev–Trinajstić information content (AvgIpc) is 2.43. The molecule has 3 nitrogen and oxygen atoms in total. The minimum absolute atomic E-state index is 0.108. The molecule has 0 fully saturated rings. The second-order valence-electron chi connectivity index (χ2n) is 4.82. The Labute approximate surface area is 128 Å². The average molecular weight is 316 g/mol. The van der Waals surface area contributed by atoms with Crippen LogP contribution in [-0.4, -0.2) is 38.6 Å². The van der Waals surface area contributed by atoms with Crippen LogP contribution < -0.4 is 0 Å². The van der Waals surface area contributed by atoms with Gasteiger partial charge >= 0.3 is 0 Å². The first-order valence-electron chi connectivity index (χ1n) is 6.73. The number of thioether (sulfide) groups is 1. The van der Waals surface area contributed by atoms with Crippen LogP contribution in [0.3, 0.4) is 0 Å². The first kappa shape index (κ1) is 17.7. The van der Waals surface area contributed by atoms with Crippen molar-refractivity contribution in [2.75, 3.05) is 12.5 Å². The number of aliphatic hydroxyl groups excluding tert-OH is 1. The fourth-order valence-corrected chi connectivity index (χ4v) is 3.88. The normalized spacial score (nSPS) is 17.4. The summed E-state index contributed by atoms with van der Waals surface area (Å²) in [5, 5.41) is 9.81. The van der Waals surface area contributed by atoms with Crippen LogP contribution in [0.5, 0.6) is 0 Å². The highest BCUT2D eigenvalue weighted by Crippen LogP contribution is 2.20. The molecular weight excluding hydrogens is 292 g/mol. The number of rotatable bonds is 9. The summed E-state index contributed by atoms with van der Waals surface area (Å²) in [6, 6.07) is 9.92. The third-order valence-electron chi connectivity index (χ3n) is 3.16. The molecule has 2 unspecified atom stereocenters. The third-order valence-corrected chi connectivity index (χ3v) is 6.29. The van der Waals surface area contributed by atoms with Gasteiger partial charge in [0.2, 0.25) is 0 Å². The maximum Gasteiger partial charge on any atom is 0.0836 e. The molecule has 1 rings (SSSR count). The van der Waals surface area contributed by atoms with E-state index in [-0.39, 0.29) is 10.7 Å². The van der Waals surface area contributed by atoms with Gasteiger partial charge < -0.3 is 9.84 Å². The highest BCUT2D eigenvalue weighted by atomic mass is 32.2. The number of aliphatic hydroxyl groups is 1. The van der Waals surface area contributed by atoms with E-state index >= 15 is 0 Å². The third kappa shape index (κ3) is 6.39. The van der Waals surface area contributed by atoms with Gasteiger partial charge in [0.25, 0.3) is 0 Å². The molecule has 5 heteroatoms. The first-order valence-corrected chi connectivity index (χ1v) is 9.64. The molecule has 1 N–H and O–H groups in total. The lowest BCUT2D eigenvalue weighted by atomic mass is 10.1. The second kappa shape index (κ2) is 9.55. The summed E-state index contributed by atoms with van der Waals surface area (Å²) in [6.45, 7) is 2.24.